The van der Waals surface area contributed by atoms with Crippen molar-refractivity contribution >= 4 is 5.95 Å². The first-order valence-corrected chi connectivity index (χ1v) is 3.41. The summed E-state index contributed by atoms with van der Waals surface area (Å²) in [4.78, 5) is 7.73. The van der Waals surface area contributed by atoms with Crippen LogP contribution in [-0.2, 0) is 0 Å². The molecule has 5 heteroatoms. The zero-order chi connectivity index (χ0) is 9.14. The number of rotatable bonds is 2. The van der Waals surface area contributed by atoms with E-state index in [4.69, 9.17) is 15.2 Å². The van der Waals surface area contributed by atoms with Crippen molar-refractivity contribution in [1.29, 1.82) is 0 Å². The molecule has 0 saturated heterocycles. The second-order valence-electron chi connectivity index (χ2n) is 2.23. The summed E-state index contributed by atoms with van der Waals surface area (Å²) >= 11 is 0. The molecule has 5 nitrogen and oxygen atoms in total. The molecule has 0 fully saturated rings. The Balaban J connectivity index is 3.22. The van der Waals surface area contributed by atoms with Crippen LogP contribution in [0.5, 0.6) is 11.8 Å². The van der Waals surface area contributed by atoms with Crippen LogP contribution in [0.2, 0.25) is 0 Å². The van der Waals surface area contributed by atoms with Gasteiger partial charge in [0, 0.05) is 0 Å². The second kappa shape index (κ2) is 3.25. The van der Waals surface area contributed by atoms with Gasteiger partial charge in [0.05, 0.1) is 19.8 Å². The SMILES string of the molecule is COc1nc(N)nc(OC)c1C. The monoisotopic (exact) mass is 169 g/mol. The minimum atomic E-state index is 0.148. The third kappa shape index (κ3) is 1.39. The molecule has 0 aromatic carbocycles. The summed E-state index contributed by atoms with van der Waals surface area (Å²) in [5, 5.41) is 0. The van der Waals surface area contributed by atoms with Crippen LogP contribution >= 0.6 is 0 Å². The predicted octanol–water partition coefficient (Wildman–Crippen LogP) is 0.384. The molecule has 0 amide bonds. The number of nitrogens with two attached hydrogens (primary N) is 1. The van der Waals surface area contributed by atoms with Crippen LogP contribution in [0.15, 0.2) is 0 Å². The minimum Gasteiger partial charge on any atom is -0.481 e. The highest BCUT2D eigenvalue weighted by molar-refractivity contribution is 5.38. The molecule has 1 aromatic rings. The van der Waals surface area contributed by atoms with E-state index >= 15 is 0 Å². The van der Waals surface area contributed by atoms with Crippen LogP contribution in [0.1, 0.15) is 5.56 Å². The topological polar surface area (TPSA) is 70.3 Å². The third-order valence-electron chi connectivity index (χ3n) is 1.46. The van der Waals surface area contributed by atoms with Crippen molar-refractivity contribution in [2.45, 2.75) is 6.92 Å². The van der Waals surface area contributed by atoms with Crippen molar-refractivity contribution in [1.82, 2.24) is 9.97 Å². The quantitative estimate of drug-likeness (QED) is 0.693. The summed E-state index contributed by atoms with van der Waals surface area (Å²) in [6, 6.07) is 0. The summed E-state index contributed by atoms with van der Waals surface area (Å²) in [6.07, 6.45) is 0. The summed E-state index contributed by atoms with van der Waals surface area (Å²) in [5.74, 6) is 1.04. The molecule has 0 aliphatic heterocycles. The van der Waals surface area contributed by atoms with Gasteiger partial charge in [-0.3, -0.25) is 0 Å². The van der Waals surface area contributed by atoms with Gasteiger partial charge in [-0.25, -0.2) is 0 Å². The predicted molar refractivity (Wildman–Crippen MR) is 44.3 cm³/mol. The Hall–Kier alpha value is -1.52. The van der Waals surface area contributed by atoms with Crippen LogP contribution < -0.4 is 15.2 Å². The standard InChI is InChI=1S/C7H11N3O2/c1-4-5(11-2)9-7(8)10-6(4)12-3/h1-3H3,(H2,8,9,10). The van der Waals surface area contributed by atoms with E-state index in [1.165, 1.54) is 14.2 Å². The molecule has 66 valence electrons. The van der Waals surface area contributed by atoms with Crippen LogP contribution in [0.4, 0.5) is 5.95 Å². The van der Waals surface area contributed by atoms with E-state index in [-0.39, 0.29) is 5.95 Å². The fourth-order valence-electron chi connectivity index (χ4n) is 0.890. The van der Waals surface area contributed by atoms with E-state index in [1.807, 2.05) is 0 Å². The number of hydrogen-bond acceptors (Lipinski definition) is 5. The minimum absolute atomic E-state index is 0.148. The van der Waals surface area contributed by atoms with Gasteiger partial charge in [-0.1, -0.05) is 0 Å². The second-order valence-corrected chi connectivity index (χ2v) is 2.23. The van der Waals surface area contributed by atoms with Gasteiger partial charge in [-0.05, 0) is 6.92 Å². The van der Waals surface area contributed by atoms with E-state index in [1.54, 1.807) is 6.92 Å². The van der Waals surface area contributed by atoms with E-state index in [9.17, 15) is 0 Å². The lowest BCUT2D eigenvalue weighted by molar-refractivity contribution is 0.367. The molecule has 1 aromatic heterocycles. The molecule has 0 atom stereocenters. The largest absolute Gasteiger partial charge is 0.481 e. The van der Waals surface area contributed by atoms with E-state index in [2.05, 4.69) is 9.97 Å². The molecule has 0 saturated carbocycles. The summed E-state index contributed by atoms with van der Waals surface area (Å²) < 4.78 is 9.91. The molecular formula is C7H11N3O2. The maximum absolute atomic E-state index is 5.40. The van der Waals surface area contributed by atoms with Gasteiger partial charge in [-0.2, -0.15) is 9.97 Å². The van der Waals surface area contributed by atoms with Gasteiger partial charge in [0.25, 0.3) is 0 Å². The van der Waals surface area contributed by atoms with Gasteiger partial charge in [0.1, 0.15) is 0 Å². The van der Waals surface area contributed by atoms with Gasteiger partial charge in [-0.15, -0.1) is 0 Å². The Morgan fingerprint density at radius 1 is 1.08 bits per heavy atom. The van der Waals surface area contributed by atoms with Gasteiger partial charge >= 0.3 is 0 Å². The smallest absolute Gasteiger partial charge is 0.226 e. The zero-order valence-electron chi connectivity index (χ0n) is 7.29. The maximum Gasteiger partial charge on any atom is 0.226 e. The molecule has 12 heavy (non-hydrogen) atoms. The number of nitrogen functional groups attached to an aromatic ring is 1. The fraction of sp³-hybridized carbons (Fsp3) is 0.429. The fourth-order valence-corrected chi connectivity index (χ4v) is 0.890. The van der Waals surface area contributed by atoms with Crippen LogP contribution in [0, 0.1) is 6.92 Å². The summed E-state index contributed by atoms with van der Waals surface area (Å²) in [5.41, 5.74) is 6.14. The van der Waals surface area contributed by atoms with Crippen molar-refractivity contribution in [2.24, 2.45) is 0 Å². The number of methoxy groups -OCH3 is 2. The Morgan fingerprint density at radius 3 is 1.83 bits per heavy atom. The molecule has 0 radical (unpaired) electrons. The van der Waals surface area contributed by atoms with Crippen molar-refractivity contribution in [3.8, 4) is 11.8 Å². The van der Waals surface area contributed by atoms with Crippen molar-refractivity contribution in [3.05, 3.63) is 5.56 Å². The van der Waals surface area contributed by atoms with E-state index < -0.39 is 0 Å². The van der Waals surface area contributed by atoms with Crippen molar-refractivity contribution in [2.75, 3.05) is 20.0 Å². The zero-order valence-corrected chi connectivity index (χ0v) is 7.29. The molecule has 0 aliphatic rings. The molecule has 0 aliphatic carbocycles. The highest BCUT2D eigenvalue weighted by Gasteiger charge is 2.09. The Bertz CT molecular complexity index is 263. The first kappa shape index (κ1) is 8.58. The van der Waals surface area contributed by atoms with E-state index in [0.717, 1.165) is 5.56 Å². The molecule has 0 bridgehead atoms. The molecule has 1 heterocycles. The number of anilines is 1. The molecule has 0 unspecified atom stereocenters. The molecule has 2 N–H and O–H groups in total. The Morgan fingerprint density at radius 2 is 1.50 bits per heavy atom. The average molecular weight is 169 g/mol. The normalized spacial score (nSPS) is 9.58. The first-order chi connectivity index (χ1) is 5.69. The van der Waals surface area contributed by atoms with Crippen LogP contribution in [0.25, 0.3) is 0 Å². The number of nitrogens with zero attached hydrogens (tertiary/aromatic N) is 2. The lowest BCUT2D eigenvalue weighted by atomic mass is 10.3. The van der Waals surface area contributed by atoms with Gasteiger partial charge in [0.15, 0.2) is 0 Å². The molecular weight excluding hydrogens is 158 g/mol. The number of hydrogen-bond donors (Lipinski definition) is 1. The summed E-state index contributed by atoms with van der Waals surface area (Å²) in [7, 11) is 3.04. The maximum atomic E-state index is 5.40. The van der Waals surface area contributed by atoms with Gasteiger partial charge < -0.3 is 15.2 Å². The van der Waals surface area contributed by atoms with Crippen LogP contribution in [-0.4, -0.2) is 24.2 Å². The van der Waals surface area contributed by atoms with Crippen molar-refractivity contribution < 1.29 is 9.47 Å². The highest BCUT2D eigenvalue weighted by Crippen LogP contribution is 2.23. The summed E-state index contributed by atoms with van der Waals surface area (Å²) in [6.45, 7) is 1.80. The average Bonchev–Trinajstić information content (AvgIpc) is 2.08. The molecule has 1 rings (SSSR count). The Labute approximate surface area is 70.5 Å². The lowest BCUT2D eigenvalue weighted by Gasteiger charge is -2.07. The highest BCUT2D eigenvalue weighted by atomic mass is 16.5. The van der Waals surface area contributed by atoms with Crippen molar-refractivity contribution in [3.63, 3.8) is 0 Å². The van der Waals surface area contributed by atoms with Gasteiger partial charge in [0.2, 0.25) is 17.7 Å². The Kier molecular flexibility index (Phi) is 2.32. The first-order valence-electron chi connectivity index (χ1n) is 3.41. The third-order valence-corrected chi connectivity index (χ3v) is 1.46. The lowest BCUT2D eigenvalue weighted by Crippen LogP contribution is -2.02. The molecule has 0 spiro atoms. The van der Waals surface area contributed by atoms with E-state index in [0.29, 0.717) is 11.8 Å². The number of aromatic nitrogens is 2. The van der Waals surface area contributed by atoms with Crippen LogP contribution in [0.3, 0.4) is 0 Å². The number of ether oxygens (including phenoxy) is 2.